The molecule has 0 aromatic rings. The predicted octanol–water partition coefficient (Wildman–Crippen LogP) is 2.77. The van der Waals surface area contributed by atoms with Gasteiger partial charge in [-0.25, -0.2) is 0 Å². The van der Waals surface area contributed by atoms with Gasteiger partial charge in [-0.05, 0) is 24.7 Å². The van der Waals surface area contributed by atoms with E-state index < -0.39 is 5.97 Å². The topological polar surface area (TPSA) is 57.6 Å². The van der Waals surface area contributed by atoms with E-state index in [0.717, 1.165) is 19.4 Å². The SMILES string of the molecule is CCC(C)[C@@H](C)CCN(C)C(=O)CCCC(=O)O. The van der Waals surface area contributed by atoms with Gasteiger partial charge < -0.3 is 10.0 Å². The molecule has 1 unspecified atom stereocenters. The summed E-state index contributed by atoms with van der Waals surface area (Å²) in [7, 11) is 1.80. The van der Waals surface area contributed by atoms with Crippen LogP contribution in [0.3, 0.4) is 0 Å². The van der Waals surface area contributed by atoms with Gasteiger partial charge >= 0.3 is 5.97 Å². The first-order valence-electron chi connectivity index (χ1n) is 6.84. The van der Waals surface area contributed by atoms with Gasteiger partial charge in [-0.15, -0.1) is 0 Å². The Bertz CT molecular complexity index is 266. The third kappa shape index (κ3) is 7.30. The minimum atomic E-state index is -0.837. The third-order valence-corrected chi connectivity index (χ3v) is 3.74. The molecular weight excluding hydrogens is 230 g/mol. The highest BCUT2D eigenvalue weighted by Gasteiger charge is 2.14. The summed E-state index contributed by atoms with van der Waals surface area (Å²) in [5.41, 5.74) is 0. The van der Waals surface area contributed by atoms with Crippen molar-refractivity contribution < 1.29 is 14.7 Å². The second-order valence-corrected chi connectivity index (χ2v) is 5.21. The van der Waals surface area contributed by atoms with E-state index in [1.807, 2.05) is 0 Å². The minimum Gasteiger partial charge on any atom is -0.481 e. The molecule has 1 N–H and O–H groups in total. The maximum Gasteiger partial charge on any atom is 0.303 e. The van der Waals surface area contributed by atoms with Crippen molar-refractivity contribution in [2.75, 3.05) is 13.6 Å². The molecule has 4 nitrogen and oxygen atoms in total. The van der Waals surface area contributed by atoms with Crippen molar-refractivity contribution in [2.24, 2.45) is 11.8 Å². The number of hydrogen-bond donors (Lipinski definition) is 1. The molecule has 0 aromatic heterocycles. The number of carbonyl (C=O) groups excluding carboxylic acids is 1. The van der Waals surface area contributed by atoms with Gasteiger partial charge in [-0.3, -0.25) is 9.59 Å². The van der Waals surface area contributed by atoms with Crippen molar-refractivity contribution >= 4 is 11.9 Å². The molecule has 0 rings (SSSR count). The Labute approximate surface area is 110 Å². The van der Waals surface area contributed by atoms with Gasteiger partial charge in [0.15, 0.2) is 0 Å². The van der Waals surface area contributed by atoms with Crippen LogP contribution in [0.1, 0.15) is 52.9 Å². The standard InChI is InChI=1S/C14H27NO3/c1-5-11(2)12(3)9-10-15(4)13(16)7-6-8-14(17)18/h11-12H,5-10H2,1-4H3,(H,17,18)/t11?,12-/m0/s1. The fourth-order valence-corrected chi connectivity index (χ4v) is 1.79. The molecule has 0 heterocycles. The fourth-order valence-electron chi connectivity index (χ4n) is 1.79. The lowest BCUT2D eigenvalue weighted by Crippen LogP contribution is -2.29. The molecule has 0 aliphatic carbocycles. The molecule has 0 aliphatic rings. The predicted molar refractivity (Wildman–Crippen MR) is 72.4 cm³/mol. The number of carboxylic acid groups (broad SMARTS) is 1. The van der Waals surface area contributed by atoms with E-state index in [-0.39, 0.29) is 12.3 Å². The van der Waals surface area contributed by atoms with Crippen LogP contribution in [-0.4, -0.2) is 35.5 Å². The Balaban J connectivity index is 3.83. The lowest BCUT2D eigenvalue weighted by atomic mass is 9.91. The van der Waals surface area contributed by atoms with Crippen molar-refractivity contribution in [1.29, 1.82) is 0 Å². The Morgan fingerprint density at radius 2 is 1.78 bits per heavy atom. The normalized spacial score (nSPS) is 14.0. The summed E-state index contributed by atoms with van der Waals surface area (Å²) in [6.07, 6.45) is 3.01. The average Bonchev–Trinajstić information content (AvgIpc) is 2.33. The van der Waals surface area contributed by atoms with Crippen LogP contribution in [0.25, 0.3) is 0 Å². The molecule has 0 saturated carbocycles. The van der Waals surface area contributed by atoms with E-state index in [4.69, 9.17) is 5.11 Å². The highest BCUT2D eigenvalue weighted by molar-refractivity contribution is 5.76. The first kappa shape index (κ1) is 16.9. The first-order valence-corrected chi connectivity index (χ1v) is 6.84. The summed E-state index contributed by atoms with van der Waals surface area (Å²) < 4.78 is 0. The number of nitrogens with zero attached hydrogens (tertiary/aromatic N) is 1. The molecule has 0 spiro atoms. The quantitative estimate of drug-likeness (QED) is 0.691. The summed E-state index contributed by atoms with van der Waals surface area (Å²) in [4.78, 5) is 23.8. The molecular formula is C14H27NO3. The zero-order chi connectivity index (χ0) is 14.1. The molecule has 0 aliphatic heterocycles. The number of carbonyl (C=O) groups is 2. The third-order valence-electron chi connectivity index (χ3n) is 3.74. The first-order chi connectivity index (χ1) is 8.38. The van der Waals surface area contributed by atoms with E-state index >= 15 is 0 Å². The van der Waals surface area contributed by atoms with E-state index in [2.05, 4.69) is 20.8 Å². The van der Waals surface area contributed by atoms with Crippen LogP contribution in [0, 0.1) is 11.8 Å². The fraction of sp³-hybridized carbons (Fsp3) is 0.857. The maximum atomic E-state index is 11.7. The number of rotatable bonds is 9. The van der Waals surface area contributed by atoms with Gasteiger partial charge in [0.1, 0.15) is 0 Å². The smallest absolute Gasteiger partial charge is 0.303 e. The van der Waals surface area contributed by atoms with Gasteiger partial charge in [-0.1, -0.05) is 27.2 Å². The molecule has 4 heteroatoms. The molecule has 1 amide bonds. The van der Waals surface area contributed by atoms with Crippen molar-refractivity contribution in [2.45, 2.75) is 52.9 Å². The van der Waals surface area contributed by atoms with Crippen molar-refractivity contribution in [1.82, 2.24) is 4.90 Å². The minimum absolute atomic E-state index is 0.0487. The summed E-state index contributed by atoms with van der Waals surface area (Å²) in [6, 6.07) is 0. The number of carboxylic acids is 1. The number of aliphatic carboxylic acids is 1. The van der Waals surface area contributed by atoms with Crippen LogP contribution in [0.2, 0.25) is 0 Å². The number of hydrogen-bond acceptors (Lipinski definition) is 2. The summed E-state index contributed by atoms with van der Waals surface area (Å²) >= 11 is 0. The second-order valence-electron chi connectivity index (χ2n) is 5.21. The highest BCUT2D eigenvalue weighted by atomic mass is 16.4. The molecule has 0 saturated heterocycles. The van der Waals surface area contributed by atoms with Crippen molar-refractivity contribution in [3.05, 3.63) is 0 Å². The average molecular weight is 257 g/mol. The van der Waals surface area contributed by atoms with Crippen LogP contribution in [0.15, 0.2) is 0 Å². The molecule has 0 fully saturated rings. The van der Waals surface area contributed by atoms with Crippen LogP contribution in [0.4, 0.5) is 0 Å². The van der Waals surface area contributed by atoms with E-state index in [1.54, 1.807) is 11.9 Å². The zero-order valence-corrected chi connectivity index (χ0v) is 12.1. The van der Waals surface area contributed by atoms with Gasteiger partial charge in [0.05, 0.1) is 0 Å². The Morgan fingerprint density at radius 3 is 2.28 bits per heavy atom. The van der Waals surface area contributed by atoms with Gasteiger partial charge in [-0.2, -0.15) is 0 Å². The molecule has 0 radical (unpaired) electrons. The summed E-state index contributed by atoms with van der Waals surface area (Å²) in [5, 5.41) is 8.50. The van der Waals surface area contributed by atoms with Crippen LogP contribution < -0.4 is 0 Å². The second kappa shape index (κ2) is 8.95. The summed E-state index contributed by atoms with van der Waals surface area (Å²) in [6.45, 7) is 7.40. The molecule has 2 atom stereocenters. The van der Waals surface area contributed by atoms with Gasteiger partial charge in [0.25, 0.3) is 0 Å². The van der Waals surface area contributed by atoms with E-state index in [0.29, 0.717) is 24.7 Å². The molecule has 106 valence electrons. The van der Waals surface area contributed by atoms with Crippen LogP contribution in [-0.2, 0) is 9.59 Å². The Kier molecular flexibility index (Phi) is 8.42. The summed E-state index contributed by atoms with van der Waals surface area (Å²) in [5.74, 6) is 0.508. The maximum absolute atomic E-state index is 11.7. The van der Waals surface area contributed by atoms with E-state index in [9.17, 15) is 9.59 Å². The monoisotopic (exact) mass is 257 g/mol. The van der Waals surface area contributed by atoms with Gasteiger partial charge in [0, 0.05) is 26.4 Å². The zero-order valence-electron chi connectivity index (χ0n) is 12.1. The van der Waals surface area contributed by atoms with Gasteiger partial charge in [0.2, 0.25) is 5.91 Å². The molecule has 18 heavy (non-hydrogen) atoms. The Hall–Kier alpha value is -1.06. The Morgan fingerprint density at radius 1 is 1.17 bits per heavy atom. The number of amides is 1. The molecule has 0 aromatic carbocycles. The lowest BCUT2D eigenvalue weighted by Gasteiger charge is -2.22. The molecule has 0 bridgehead atoms. The van der Waals surface area contributed by atoms with Crippen LogP contribution >= 0.6 is 0 Å². The van der Waals surface area contributed by atoms with E-state index in [1.165, 1.54) is 0 Å². The van der Waals surface area contributed by atoms with Crippen molar-refractivity contribution in [3.8, 4) is 0 Å². The largest absolute Gasteiger partial charge is 0.481 e. The van der Waals surface area contributed by atoms with Crippen molar-refractivity contribution in [3.63, 3.8) is 0 Å². The highest BCUT2D eigenvalue weighted by Crippen LogP contribution is 2.18. The van der Waals surface area contributed by atoms with Crippen LogP contribution in [0.5, 0.6) is 0 Å². The lowest BCUT2D eigenvalue weighted by molar-refractivity contribution is -0.137.